The molecule has 0 bridgehead atoms. The Morgan fingerprint density at radius 3 is 2.81 bits per heavy atom. The number of ether oxygens (including phenoxy) is 1. The molecule has 0 saturated carbocycles. The van der Waals surface area contributed by atoms with Crippen LogP contribution in [0.5, 0.6) is 0 Å². The largest absolute Gasteiger partial charge is 0.464 e. The average molecular weight is 287 g/mol. The zero-order chi connectivity index (χ0) is 15.0. The van der Waals surface area contributed by atoms with Crippen LogP contribution in [0.1, 0.15) is 37.3 Å². The second-order valence-corrected chi connectivity index (χ2v) is 5.82. The van der Waals surface area contributed by atoms with E-state index in [0.717, 1.165) is 18.5 Å². The summed E-state index contributed by atoms with van der Waals surface area (Å²) in [4.78, 5) is 27.4. The fraction of sp³-hybridized carbons (Fsp3) is 0.529. The van der Waals surface area contributed by atoms with Crippen LogP contribution in [-0.2, 0) is 20.7 Å². The first-order valence-corrected chi connectivity index (χ1v) is 7.65. The molecule has 0 amide bonds. The topological polar surface area (TPSA) is 46.6 Å². The van der Waals surface area contributed by atoms with Gasteiger partial charge in [-0.3, -0.25) is 9.69 Å². The third-order valence-corrected chi connectivity index (χ3v) is 4.92. The number of ketones is 1. The highest BCUT2D eigenvalue weighted by Gasteiger charge is 2.60. The Bertz CT molecular complexity index is 583. The predicted octanol–water partition coefficient (Wildman–Crippen LogP) is 1.92. The Hall–Kier alpha value is -1.68. The Morgan fingerprint density at radius 2 is 2.05 bits per heavy atom. The molecule has 0 radical (unpaired) electrons. The number of fused-ring (bicyclic) bond motifs is 2. The fourth-order valence-electron chi connectivity index (χ4n) is 3.91. The van der Waals surface area contributed by atoms with E-state index >= 15 is 0 Å². The molecule has 112 valence electrons. The molecule has 0 aliphatic carbocycles. The van der Waals surface area contributed by atoms with E-state index < -0.39 is 5.54 Å². The van der Waals surface area contributed by atoms with Crippen molar-refractivity contribution in [3.05, 3.63) is 35.4 Å². The van der Waals surface area contributed by atoms with Crippen LogP contribution in [0.4, 0.5) is 0 Å². The van der Waals surface area contributed by atoms with E-state index in [9.17, 15) is 9.59 Å². The molecule has 3 rings (SSSR count). The van der Waals surface area contributed by atoms with E-state index in [1.807, 2.05) is 30.0 Å². The van der Waals surface area contributed by atoms with Gasteiger partial charge < -0.3 is 4.74 Å². The van der Waals surface area contributed by atoms with Crippen molar-refractivity contribution in [2.24, 2.45) is 0 Å². The van der Waals surface area contributed by atoms with Gasteiger partial charge in [0.1, 0.15) is 0 Å². The Balaban J connectivity index is 2.14. The lowest BCUT2D eigenvalue weighted by molar-refractivity contribution is -0.160. The van der Waals surface area contributed by atoms with Crippen LogP contribution in [0.2, 0.25) is 0 Å². The molecule has 2 atom stereocenters. The summed E-state index contributed by atoms with van der Waals surface area (Å²) in [5.41, 5.74) is 1.21. The van der Waals surface area contributed by atoms with Crippen LogP contribution in [0.25, 0.3) is 0 Å². The number of hydrogen-bond acceptors (Lipinski definition) is 4. The fourth-order valence-corrected chi connectivity index (χ4v) is 3.91. The highest BCUT2D eigenvalue weighted by Crippen LogP contribution is 2.43. The number of nitrogens with zero attached hydrogens (tertiary/aromatic N) is 1. The minimum absolute atomic E-state index is 0.00477. The van der Waals surface area contributed by atoms with Crippen LogP contribution < -0.4 is 0 Å². The second-order valence-electron chi connectivity index (χ2n) is 5.82. The summed E-state index contributed by atoms with van der Waals surface area (Å²) in [7, 11) is 0. The highest BCUT2D eigenvalue weighted by molar-refractivity contribution is 6.11. The van der Waals surface area contributed by atoms with Crippen LogP contribution >= 0.6 is 0 Å². The summed E-state index contributed by atoms with van der Waals surface area (Å²) in [5.74, 6) is -0.549. The van der Waals surface area contributed by atoms with Gasteiger partial charge in [-0.15, -0.1) is 0 Å². The van der Waals surface area contributed by atoms with E-state index in [0.29, 0.717) is 19.6 Å². The summed E-state index contributed by atoms with van der Waals surface area (Å²) in [6.07, 6.45) is 1.31. The molecule has 21 heavy (non-hydrogen) atoms. The van der Waals surface area contributed by atoms with Gasteiger partial charge in [-0.2, -0.15) is 0 Å². The number of Topliss-reactive ketones (excluding diaryl/α,β-unsaturated/α-hetero) is 1. The molecule has 2 heterocycles. The molecule has 0 unspecified atom stereocenters. The molecule has 4 heteroatoms. The summed E-state index contributed by atoms with van der Waals surface area (Å²) in [6, 6.07) is 8.12. The predicted molar refractivity (Wildman–Crippen MR) is 79.1 cm³/mol. The van der Waals surface area contributed by atoms with Crippen molar-refractivity contribution in [1.29, 1.82) is 0 Å². The highest BCUT2D eigenvalue weighted by atomic mass is 16.5. The lowest BCUT2D eigenvalue weighted by Crippen LogP contribution is -2.58. The first-order valence-electron chi connectivity index (χ1n) is 7.65. The number of benzene rings is 1. The minimum atomic E-state index is -1.12. The first-order chi connectivity index (χ1) is 10.1. The molecule has 2 aliphatic heterocycles. The van der Waals surface area contributed by atoms with Crippen molar-refractivity contribution in [3.8, 4) is 0 Å². The molecule has 2 aliphatic rings. The maximum absolute atomic E-state index is 12.7. The summed E-state index contributed by atoms with van der Waals surface area (Å²) in [6.45, 7) is 5.45. The molecular weight excluding hydrogens is 266 g/mol. The zero-order valence-electron chi connectivity index (χ0n) is 12.6. The van der Waals surface area contributed by atoms with Crippen LogP contribution in [-0.4, -0.2) is 41.9 Å². The molecule has 1 aromatic carbocycles. The Kier molecular flexibility index (Phi) is 3.57. The van der Waals surface area contributed by atoms with E-state index in [-0.39, 0.29) is 17.7 Å². The van der Waals surface area contributed by atoms with E-state index in [1.54, 1.807) is 6.92 Å². The SMILES string of the molecule is CCOC(=O)[C@]12C(=O)CCN1CCc1ccccc1[C@H]2C. The smallest absolute Gasteiger partial charge is 0.334 e. The van der Waals surface area contributed by atoms with Crippen molar-refractivity contribution in [2.45, 2.75) is 38.1 Å². The molecule has 1 saturated heterocycles. The van der Waals surface area contributed by atoms with Gasteiger partial charge in [-0.05, 0) is 24.5 Å². The summed E-state index contributed by atoms with van der Waals surface area (Å²) < 4.78 is 5.30. The van der Waals surface area contributed by atoms with Gasteiger partial charge in [0.05, 0.1) is 6.61 Å². The van der Waals surface area contributed by atoms with Crippen molar-refractivity contribution in [3.63, 3.8) is 0 Å². The average Bonchev–Trinajstić information content (AvgIpc) is 2.76. The second kappa shape index (κ2) is 5.26. The van der Waals surface area contributed by atoms with Gasteiger partial charge >= 0.3 is 5.97 Å². The quantitative estimate of drug-likeness (QED) is 0.616. The van der Waals surface area contributed by atoms with Gasteiger partial charge in [0.25, 0.3) is 0 Å². The molecule has 1 fully saturated rings. The molecule has 0 N–H and O–H groups in total. The van der Waals surface area contributed by atoms with Crippen molar-refractivity contribution in [1.82, 2.24) is 4.90 Å². The lowest BCUT2D eigenvalue weighted by atomic mass is 9.77. The maximum Gasteiger partial charge on any atom is 0.334 e. The number of carbonyl (C=O) groups excluding carboxylic acids is 2. The Morgan fingerprint density at radius 1 is 1.33 bits per heavy atom. The van der Waals surface area contributed by atoms with Crippen molar-refractivity contribution in [2.75, 3.05) is 19.7 Å². The van der Waals surface area contributed by atoms with E-state index in [2.05, 4.69) is 6.07 Å². The van der Waals surface area contributed by atoms with Crippen LogP contribution in [0.15, 0.2) is 24.3 Å². The lowest BCUT2D eigenvalue weighted by Gasteiger charge is -2.37. The third-order valence-electron chi connectivity index (χ3n) is 4.92. The van der Waals surface area contributed by atoms with Gasteiger partial charge in [0, 0.05) is 25.4 Å². The van der Waals surface area contributed by atoms with Gasteiger partial charge in [-0.25, -0.2) is 4.79 Å². The van der Waals surface area contributed by atoms with Crippen molar-refractivity contribution < 1.29 is 14.3 Å². The summed E-state index contributed by atoms with van der Waals surface area (Å²) in [5, 5.41) is 0. The number of carbonyl (C=O) groups is 2. The third kappa shape index (κ3) is 1.93. The van der Waals surface area contributed by atoms with Gasteiger partial charge in [0.2, 0.25) is 0 Å². The molecule has 1 aromatic rings. The minimum Gasteiger partial charge on any atom is -0.464 e. The van der Waals surface area contributed by atoms with Gasteiger partial charge in [0.15, 0.2) is 11.3 Å². The maximum atomic E-state index is 12.7. The van der Waals surface area contributed by atoms with Crippen LogP contribution in [0.3, 0.4) is 0 Å². The number of hydrogen-bond donors (Lipinski definition) is 0. The van der Waals surface area contributed by atoms with E-state index in [1.165, 1.54) is 5.56 Å². The number of esters is 1. The molecule has 4 nitrogen and oxygen atoms in total. The van der Waals surface area contributed by atoms with Crippen molar-refractivity contribution >= 4 is 11.8 Å². The first kappa shape index (κ1) is 14.3. The molecular formula is C17H21NO3. The normalized spacial score (nSPS) is 28.7. The number of rotatable bonds is 2. The zero-order valence-corrected chi connectivity index (χ0v) is 12.6. The van der Waals surface area contributed by atoms with Crippen LogP contribution in [0, 0.1) is 0 Å². The monoisotopic (exact) mass is 287 g/mol. The van der Waals surface area contributed by atoms with Gasteiger partial charge in [-0.1, -0.05) is 31.2 Å². The van der Waals surface area contributed by atoms with E-state index in [4.69, 9.17) is 4.74 Å². The molecule has 0 aromatic heterocycles. The summed E-state index contributed by atoms with van der Waals surface area (Å²) >= 11 is 0. The Labute approximate surface area is 125 Å². The standard InChI is InChI=1S/C17H21NO3/c1-3-21-16(20)17-12(2)14-7-5-4-6-13(14)8-10-18(17)11-9-15(17)19/h4-7,12H,3,8-11H2,1-2H3/t12-,17+/m1/s1. The molecule has 0 spiro atoms.